The second-order valence-corrected chi connectivity index (χ2v) is 4.17. The summed E-state index contributed by atoms with van der Waals surface area (Å²) in [7, 11) is 0. The van der Waals surface area contributed by atoms with Gasteiger partial charge >= 0.3 is 5.97 Å². The number of halogens is 1. The number of benzene rings is 1. The fourth-order valence-corrected chi connectivity index (χ4v) is 1.92. The van der Waals surface area contributed by atoms with Crippen molar-refractivity contribution in [1.82, 2.24) is 9.78 Å². The van der Waals surface area contributed by atoms with Crippen LogP contribution in [0.5, 0.6) is 0 Å². The molecule has 2 aromatic rings. The van der Waals surface area contributed by atoms with Gasteiger partial charge in [-0.15, -0.1) is 0 Å². The second kappa shape index (κ2) is 4.09. The highest BCUT2D eigenvalue weighted by atomic mass is 79.9. The van der Waals surface area contributed by atoms with Crippen LogP contribution in [0.1, 0.15) is 16.1 Å². The predicted molar refractivity (Wildman–Crippen MR) is 63.0 cm³/mol. The molecule has 0 atom stereocenters. The summed E-state index contributed by atoms with van der Waals surface area (Å²) >= 11 is 3.29. The largest absolute Gasteiger partial charge is 0.476 e. The zero-order chi connectivity index (χ0) is 11.7. The first-order valence-electron chi connectivity index (χ1n) is 4.64. The van der Waals surface area contributed by atoms with Gasteiger partial charge in [0.25, 0.3) is 0 Å². The fraction of sp³-hybridized carbons (Fsp3) is 0.0909. The van der Waals surface area contributed by atoms with Crippen LogP contribution in [0.2, 0.25) is 0 Å². The summed E-state index contributed by atoms with van der Waals surface area (Å²) in [6.07, 6.45) is 0. The molecule has 0 aliphatic heterocycles. The Hall–Kier alpha value is -1.62. The van der Waals surface area contributed by atoms with Crippen molar-refractivity contribution in [3.63, 3.8) is 0 Å². The predicted octanol–water partition coefficient (Wildman–Crippen LogP) is 2.64. The number of aromatic nitrogens is 2. The summed E-state index contributed by atoms with van der Waals surface area (Å²) in [4.78, 5) is 10.8. The lowest BCUT2D eigenvalue weighted by molar-refractivity contribution is 0.0690. The maximum Gasteiger partial charge on any atom is 0.356 e. The van der Waals surface area contributed by atoms with E-state index in [-0.39, 0.29) is 5.69 Å². The van der Waals surface area contributed by atoms with Crippen LogP contribution in [-0.4, -0.2) is 20.9 Å². The zero-order valence-corrected chi connectivity index (χ0v) is 10.1. The summed E-state index contributed by atoms with van der Waals surface area (Å²) in [6, 6.07) is 9.13. The molecular weight excluding hydrogens is 272 g/mol. The van der Waals surface area contributed by atoms with Crippen LogP contribution in [0.4, 0.5) is 0 Å². The number of aryl methyl sites for hydroxylation is 1. The number of carboxylic acid groups (broad SMARTS) is 1. The molecular formula is C11H9BrN2O2. The van der Waals surface area contributed by atoms with Gasteiger partial charge in [-0.2, -0.15) is 5.10 Å². The third-order valence-electron chi connectivity index (χ3n) is 2.23. The Bertz CT molecular complexity index is 549. The Morgan fingerprint density at radius 1 is 1.44 bits per heavy atom. The third-order valence-corrected chi connectivity index (χ3v) is 2.79. The van der Waals surface area contributed by atoms with Crippen molar-refractivity contribution >= 4 is 21.9 Å². The summed E-state index contributed by atoms with van der Waals surface area (Å²) < 4.78 is 2.19. The topological polar surface area (TPSA) is 55.1 Å². The molecule has 0 saturated heterocycles. The number of aromatic carboxylic acids is 1. The van der Waals surface area contributed by atoms with E-state index >= 15 is 0 Å². The lowest BCUT2D eigenvalue weighted by atomic mass is 10.2. The molecule has 0 saturated carbocycles. The molecule has 1 aromatic carbocycles. The number of carbonyl (C=O) groups is 1. The van der Waals surface area contributed by atoms with E-state index in [0.717, 1.165) is 11.3 Å². The van der Waals surface area contributed by atoms with Crippen molar-refractivity contribution in [3.8, 4) is 5.69 Å². The Labute approximate surface area is 101 Å². The Balaban J connectivity index is 2.57. The van der Waals surface area contributed by atoms with Gasteiger partial charge < -0.3 is 5.11 Å². The van der Waals surface area contributed by atoms with Gasteiger partial charge in [0.2, 0.25) is 0 Å². The smallest absolute Gasteiger partial charge is 0.356 e. The maximum absolute atomic E-state index is 10.8. The molecule has 1 N–H and O–H groups in total. The van der Waals surface area contributed by atoms with Crippen LogP contribution in [0.15, 0.2) is 34.9 Å². The number of hydrogen-bond donors (Lipinski definition) is 1. The summed E-state index contributed by atoms with van der Waals surface area (Å²) in [6.45, 7) is 1.95. The van der Waals surface area contributed by atoms with Crippen molar-refractivity contribution in [2.24, 2.45) is 0 Å². The van der Waals surface area contributed by atoms with Gasteiger partial charge in [0.15, 0.2) is 5.69 Å². The van der Waals surface area contributed by atoms with Gasteiger partial charge in [-0.25, -0.2) is 9.48 Å². The molecule has 82 valence electrons. The lowest BCUT2D eigenvalue weighted by Gasteiger charge is -2.06. The first kappa shape index (κ1) is 10.9. The lowest BCUT2D eigenvalue weighted by Crippen LogP contribution is -2.02. The Morgan fingerprint density at radius 3 is 2.69 bits per heavy atom. The molecule has 0 unspecified atom stereocenters. The average Bonchev–Trinajstić information content (AvgIpc) is 2.61. The zero-order valence-electron chi connectivity index (χ0n) is 8.51. The highest BCUT2D eigenvalue weighted by Crippen LogP contribution is 2.20. The molecule has 0 amide bonds. The van der Waals surface area contributed by atoms with Crippen LogP contribution in [0.25, 0.3) is 5.69 Å². The van der Waals surface area contributed by atoms with E-state index in [0.29, 0.717) is 4.60 Å². The minimum absolute atomic E-state index is 0.0233. The molecule has 1 aromatic heterocycles. The SMILES string of the molecule is Cc1ccccc1-n1nc(C(=O)O)cc1Br. The van der Waals surface area contributed by atoms with E-state index in [2.05, 4.69) is 21.0 Å². The first-order valence-corrected chi connectivity index (χ1v) is 5.44. The van der Waals surface area contributed by atoms with Gasteiger partial charge in [0.1, 0.15) is 4.60 Å². The van der Waals surface area contributed by atoms with Gasteiger partial charge in [0.05, 0.1) is 5.69 Å². The summed E-state index contributed by atoms with van der Waals surface area (Å²) in [5, 5.41) is 12.9. The summed E-state index contributed by atoms with van der Waals surface area (Å²) in [5.74, 6) is -1.03. The van der Waals surface area contributed by atoms with Crippen molar-refractivity contribution in [2.75, 3.05) is 0 Å². The Kier molecular flexibility index (Phi) is 2.78. The highest BCUT2D eigenvalue weighted by Gasteiger charge is 2.13. The van der Waals surface area contributed by atoms with Crippen molar-refractivity contribution < 1.29 is 9.90 Å². The number of rotatable bonds is 2. The number of nitrogens with zero attached hydrogens (tertiary/aromatic N) is 2. The molecule has 0 bridgehead atoms. The number of hydrogen-bond acceptors (Lipinski definition) is 2. The van der Waals surface area contributed by atoms with Crippen LogP contribution >= 0.6 is 15.9 Å². The Morgan fingerprint density at radius 2 is 2.12 bits per heavy atom. The second-order valence-electron chi connectivity index (χ2n) is 3.36. The quantitative estimate of drug-likeness (QED) is 0.920. The van der Waals surface area contributed by atoms with Gasteiger partial charge in [-0.1, -0.05) is 18.2 Å². The normalized spacial score (nSPS) is 10.4. The third kappa shape index (κ3) is 1.86. The van der Waals surface area contributed by atoms with E-state index in [1.54, 1.807) is 4.68 Å². The summed E-state index contributed by atoms with van der Waals surface area (Å²) in [5.41, 5.74) is 1.92. The molecule has 5 heteroatoms. The molecule has 0 aliphatic rings. The van der Waals surface area contributed by atoms with Crippen molar-refractivity contribution in [3.05, 3.63) is 46.2 Å². The first-order chi connectivity index (χ1) is 7.59. The average molecular weight is 281 g/mol. The molecule has 0 spiro atoms. The highest BCUT2D eigenvalue weighted by molar-refractivity contribution is 9.10. The van der Waals surface area contributed by atoms with E-state index in [1.807, 2.05) is 31.2 Å². The molecule has 4 nitrogen and oxygen atoms in total. The van der Waals surface area contributed by atoms with Crippen LogP contribution in [-0.2, 0) is 0 Å². The molecule has 0 fully saturated rings. The van der Waals surface area contributed by atoms with Gasteiger partial charge in [-0.3, -0.25) is 0 Å². The van der Waals surface area contributed by atoms with E-state index in [1.165, 1.54) is 6.07 Å². The molecule has 1 heterocycles. The molecule has 0 radical (unpaired) electrons. The van der Waals surface area contributed by atoms with Crippen LogP contribution in [0, 0.1) is 6.92 Å². The fourth-order valence-electron chi connectivity index (χ4n) is 1.43. The minimum Gasteiger partial charge on any atom is -0.476 e. The van der Waals surface area contributed by atoms with E-state index in [4.69, 9.17) is 5.11 Å². The van der Waals surface area contributed by atoms with E-state index < -0.39 is 5.97 Å². The monoisotopic (exact) mass is 280 g/mol. The molecule has 2 rings (SSSR count). The van der Waals surface area contributed by atoms with Crippen LogP contribution in [0.3, 0.4) is 0 Å². The number of para-hydroxylation sites is 1. The molecule has 16 heavy (non-hydrogen) atoms. The molecule has 0 aliphatic carbocycles. The number of carboxylic acids is 1. The van der Waals surface area contributed by atoms with Crippen molar-refractivity contribution in [1.29, 1.82) is 0 Å². The van der Waals surface area contributed by atoms with E-state index in [9.17, 15) is 4.79 Å². The van der Waals surface area contributed by atoms with Crippen molar-refractivity contribution in [2.45, 2.75) is 6.92 Å². The van der Waals surface area contributed by atoms with Gasteiger partial charge in [0, 0.05) is 6.07 Å². The van der Waals surface area contributed by atoms with Gasteiger partial charge in [-0.05, 0) is 34.5 Å². The minimum atomic E-state index is -1.03. The maximum atomic E-state index is 10.8. The standard InChI is InChI=1S/C11H9BrN2O2/c1-7-4-2-3-5-9(7)14-10(12)6-8(13-14)11(15)16/h2-6H,1H3,(H,15,16). The van der Waals surface area contributed by atoms with Crippen LogP contribution < -0.4 is 0 Å².